The molecule has 1 fully saturated rings. The standard InChI is InChI=1S/C14H20ClN/c1-11-6-7-14(8-11,10-16)9-12-4-2-3-5-13(12)15/h2-5,11H,6-10,16H2,1H3. The van der Waals surface area contributed by atoms with Gasteiger partial charge in [0.25, 0.3) is 0 Å². The van der Waals surface area contributed by atoms with Gasteiger partial charge in [0, 0.05) is 5.02 Å². The Kier molecular flexibility index (Phi) is 3.56. The maximum Gasteiger partial charge on any atom is 0.0438 e. The Morgan fingerprint density at radius 1 is 1.44 bits per heavy atom. The number of halogens is 1. The van der Waals surface area contributed by atoms with Gasteiger partial charge in [-0.1, -0.05) is 43.1 Å². The molecule has 2 atom stereocenters. The lowest BCUT2D eigenvalue weighted by atomic mass is 9.79. The van der Waals surface area contributed by atoms with Crippen LogP contribution < -0.4 is 5.73 Å². The van der Waals surface area contributed by atoms with E-state index in [2.05, 4.69) is 19.1 Å². The summed E-state index contributed by atoms with van der Waals surface area (Å²) < 4.78 is 0. The number of benzene rings is 1. The van der Waals surface area contributed by atoms with Crippen molar-refractivity contribution < 1.29 is 0 Å². The molecule has 1 aliphatic carbocycles. The minimum absolute atomic E-state index is 0.296. The van der Waals surface area contributed by atoms with Crippen LogP contribution in [0.25, 0.3) is 0 Å². The van der Waals surface area contributed by atoms with Crippen LogP contribution in [-0.4, -0.2) is 6.54 Å². The summed E-state index contributed by atoms with van der Waals surface area (Å²) in [5, 5.41) is 0.884. The van der Waals surface area contributed by atoms with Crippen molar-refractivity contribution in [1.82, 2.24) is 0 Å². The van der Waals surface area contributed by atoms with Gasteiger partial charge in [-0.2, -0.15) is 0 Å². The Morgan fingerprint density at radius 3 is 2.75 bits per heavy atom. The minimum Gasteiger partial charge on any atom is -0.330 e. The van der Waals surface area contributed by atoms with Gasteiger partial charge < -0.3 is 5.73 Å². The van der Waals surface area contributed by atoms with Crippen molar-refractivity contribution in [2.75, 3.05) is 6.54 Å². The molecule has 1 aliphatic rings. The molecule has 0 radical (unpaired) electrons. The Morgan fingerprint density at radius 2 is 2.19 bits per heavy atom. The van der Waals surface area contributed by atoms with Crippen LogP contribution in [0.2, 0.25) is 5.02 Å². The highest BCUT2D eigenvalue weighted by molar-refractivity contribution is 6.31. The van der Waals surface area contributed by atoms with E-state index in [1.165, 1.54) is 24.8 Å². The van der Waals surface area contributed by atoms with Gasteiger partial charge in [0.05, 0.1) is 0 Å². The average Bonchev–Trinajstić information content (AvgIpc) is 2.65. The summed E-state index contributed by atoms with van der Waals surface area (Å²) in [4.78, 5) is 0. The van der Waals surface area contributed by atoms with Crippen LogP contribution in [-0.2, 0) is 6.42 Å². The van der Waals surface area contributed by atoms with Crippen molar-refractivity contribution in [1.29, 1.82) is 0 Å². The smallest absolute Gasteiger partial charge is 0.0438 e. The van der Waals surface area contributed by atoms with Crippen LogP contribution >= 0.6 is 11.6 Å². The van der Waals surface area contributed by atoms with Crippen molar-refractivity contribution >= 4 is 11.6 Å². The summed E-state index contributed by atoms with van der Waals surface area (Å²) in [5.74, 6) is 0.811. The highest BCUT2D eigenvalue weighted by Gasteiger charge is 2.36. The number of hydrogen-bond donors (Lipinski definition) is 1. The summed E-state index contributed by atoms with van der Waals surface area (Å²) in [5.41, 5.74) is 7.54. The van der Waals surface area contributed by atoms with Gasteiger partial charge in [-0.3, -0.25) is 0 Å². The Bertz CT molecular complexity index is 364. The maximum absolute atomic E-state index is 6.22. The zero-order chi connectivity index (χ0) is 11.6. The molecule has 16 heavy (non-hydrogen) atoms. The van der Waals surface area contributed by atoms with E-state index in [1.807, 2.05) is 12.1 Å². The molecule has 0 heterocycles. The molecule has 0 aliphatic heterocycles. The van der Waals surface area contributed by atoms with Crippen LogP contribution in [0.3, 0.4) is 0 Å². The second-order valence-corrected chi connectivity index (χ2v) is 5.73. The third kappa shape index (κ3) is 2.41. The summed E-state index contributed by atoms with van der Waals surface area (Å²) in [6.45, 7) is 3.10. The Labute approximate surface area is 103 Å². The third-order valence-corrected chi connectivity index (χ3v) is 4.27. The van der Waals surface area contributed by atoms with E-state index >= 15 is 0 Å². The summed E-state index contributed by atoms with van der Waals surface area (Å²) in [6, 6.07) is 8.14. The predicted molar refractivity (Wildman–Crippen MR) is 69.7 cm³/mol. The number of rotatable bonds is 3. The zero-order valence-electron chi connectivity index (χ0n) is 9.88. The van der Waals surface area contributed by atoms with E-state index in [0.29, 0.717) is 5.41 Å². The SMILES string of the molecule is CC1CCC(CN)(Cc2ccccc2Cl)C1. The number of nitrogens with two attached hydrogens (primary N) is 1. The monoisotopic (exact) mass is 237 g/mol. The van der Waals surface area contributed by atoms with Gasteiger partial charge in [0.1, 0.15) is 0 Å². The van der Waals surface area contributed by atoms with Gasteiger partial charge >= 0.3 is 0 Å². The van der Waals surface area contributed by atoms with Gasteiger partial charge in [-0.05, 0) is 48.8 Å². The van der Waals surface area contributed by atoms with Crippen molar-refractivity contribution in [3.05, 3.63) is 34.9 Å². The first kappa shape index (κ1) is 11.9. The maximum atomic E-state index is 6.22. The van der Waals surface area contributed by atoms with Crippen LogP contribution in [0.1, 0.15) is 31.7 Å². The average molecular weight is 238 g/mol. The minimum atomic E-state index is 0.296. The van der Waals surface area contributed by atoms with Crippen LogP contribution in [0.15, 0.2) is 24.3 Å². The summed E-state index contributed by atoms with van der Waals surface area (Å²) in [7, 11) is 0. The molecule has 0 bridgehead atoms. The zero-order valence-corrected chi connectivity index (χ0v) is 10.6. The quantitative estimate of drug-likeness (QED) is 0.854. The first-order valence-electron chi connectivity index (χ1n) is 6.09. The Balaban J connectivity index is 2.16. The van der Waals surface area contributed by atoms with Crippen LogP contribution in [0.4, 0.5) is 0 Å². The van der Waals surface area contributed by atoms with E-state index in [-0.39, 0.29) is 0 Å². The van der Waals surface area contributed by atoms with Gasteiger partial charge in [-0.25, -0.2) is 0 Å². The fourth-order valence-corrected chi connectivity index (χ4v) is 3.16. The molecular formula is C14H20ClN. The normalized spacial score (nSPS) is 29.6. The van der Waals surface area contributed by atoms with E-state index in [1.54, 1.807) is 0 Å². The molecule has 1 aromatic rings. The van der Waals surface area contributed by atoms with Gasteiger partial charge in [0.2, 0.25) is 0 Å². The summed E-state index contributed by atoms with van der Waals surface area (Å²) >= 11 is 6.22. The molecule has 1 saturated carbocycles. The van der Waals surface area contributed by atoms with Crippen molar-refractivity contribution in [3.8, 4) is 0 Å². The molecule has 0 spiro atoms. The molecule has 2 N–H and O–H groups in total. The molecule has 1 nitrogen and oxygen atoms in total. The predicted octanol–water partition coefficient (Wildman–Crippen LogP) is 3.65. The lowest BCUT2D eigenvalue weighted by Crippen LogP contribution is -2.30. The molecule has 2 unspecified atom stereocenters. The molecule has 88 valence electrons. The lowest BCUT2D eigenvalue weighted by molar-refractivity contribution is 0.296. The first-order valence-corrected chi connectivity index (χ1v) is 6.46. The molecule has 0 saturated heterocycles. The van der Waals surface area contributed by atoms with E-state index < -0.39 is 0 Å². The van der Waals surface area contributed by atoms with Crippen molar-refractivity contribution in [3.63, 3.8) is 0 Å². The molecule has 0 aromatic heterocycles. The van der Waals surface area contributed by atoms with E-state index in [0.717, 1.165) is 23.9 Å². The molecule has 2 rings (SSSR count). The number of hydrogen-bond acceptors (Lipinski definition) is 1. The first-order chi connectivity index (χ1) is 7.65. The van der Waals surface area contributed by atoms with Crippen molar-refractivity contribution in [2.24, 2.45) is 17.1 Å². The fourth-order valence-electron chi connectivity index (χ4n) is 2.96. The molecule has 2 heteroatoms. The highest BCUT2D eigenvalue weighted by atomic mass is 35.5. The summed E-state index contributed by atoms with van der Waals surface area (Å²) in [6.07, 6.45) is 4.83. The van der Waals surface area contributed by atoms with Gasteiger partial charge in [-0.15, -0.1) is 0 Å². The van der Waals surface area contributed by atoms with Crippen LogP contribution in [0.5, 0.6) is 0 Å². The third-order valence-electron chi connectivity index (χ3n) is 3.91. The van der Waals surface area contributed by atoms with Gasteiger partial charge in [0.15, 0.2) is 0 Å². The second-order valence-electron chi connectivity index (χ2n) is 5.32. The largest absolute Gasteiger partial charge is 0.330 e. The molecule has 0 amide bonds. The van der Waals surface area contributed by atoms with E-state index in [9.17, 15) is 0 Å². The fraction of sp³-hybridized carbons (Fsp3) is 0.571. The highest BCUT2D eigenvalue weighted by Crippen LogP contribution is 2.44. The van der Waals surface area contributed by atoms with Crippen molar-refractivity contribution in [2.45, 2.75) is 32.6 Å². The van der Waals surface area contributed by atoms with E-state index in [4.69, 9.17) is 17.3 Å². The molecule has 1 aromatic carbocycles. The molecular weight excluding hydrogens is 218 g/mol. The second kappa shape index (κ2) is 4.77. The van der Waals surface area contributed by atoms with Crippen LogP contribution in [0, 0.1) is 11.3 Å². The topological polar surface area (TPSA) is 26.0 Å². The lowest BCUT2D eigenvalue weighted by Gasteiger charge is -2.28. The Hall–Kier alpha value is -0.530.